The average Bonchev–Trinajstić information content (AvgIpc) is 2.63. The number of ether oxygens (including phenoxy) is 5. The molecular formula is C21H35N3O9. The topological polar surface area (TPSA) is 151 Å². The fourth-order valence-corrected chi connectivity index (χ4v) is 2.30. The van der Waals surface area contributed by atoms with Crippen LogP contribution >= 0.6 is 0 Å². The average molecular weight is 474 g/mol. The zero-order chi connectivity index (χ0) is 25.3. The highest BCUT2D eigenvalue weighted by atomic mass is 16.7. The van der Waals surface area contributed by atoms with Crippen molar-refractivity contribution >= 4 is 30.3 Å². The van der Waals surface area contributed by atoms with E-state index in [9.17, 15) is 19.2 Å². The molecule has 0 unspecified atom stereocenters. The Morgan fingerprint density at radius 2 is 1.58 bits per heavy atom. The van der Waals surface area contributed by atoms with Gasteiger partial charge in [0.2, 0.25) is 5.96 Å². The van der Waals surface area contributed by atoms with Crippen LogP contribution in [0.4, 0.5) is 14.4 Å². The standard InChI is InChI=1S/C21H35N3O9/c1-19(2,3)32-16(26)23-15(24-17(27)33-20(4,5)6)22-10-8-9-11-29-14(25)21(7)12-30-18(28)31-13-21/h8-13H2,1-7H3,(H2,22,23,24,26,27). The largest absolute Gasteiger partial charge is 0.508 e. The summed E-state index contributed by atoms with van der Waals surface area (Å²) in [6.07, 6.45) is -1.45. The van der Waals surface area contributed by atoms with Gasteiger partial charge in [-0.3, -0.25) is 10.1 Å². The van der Waals surface area contributed by atoms with Crippen LogP contribution in [-0.2, 0) is 28.5 Å². The van der Waals surface area contributed by atoms with Crippen LogP contribution in [0.3, 0.4) is 0 Å². The van der Waals surface area contributed by atoms with E-state index in [1.165, 1.54) is 0 Å². The van der Waals surface area contributed by atoms with Crippen molar-refractivity contribution in [1.82, 2.24) is 10.6 Å². The Kier molecular flexibility index (Phi) is 9.93. The molecule has 0 radical (unpaired) electrons. The number of alkyl carbamates (subject to hydrolysis) is 1. The minimum atomic E-state index is -1.04. The number of aliphatic imine (C=N–C) groups is 1. The van der Waals surface area contributed by atoms with Gasteiger partial charge in [-0.15, -0.1) is 4.99 Å². The van der Waals surface area contributed by atoms with Crippen molar-refractivity contribution in [2.24, 2.45) is 10.4 Å². The second-order valence-electron chi connectivity index (χ2n) is 9.73. The van der Waals surface area contributed by atoms with E-state index in [0.29, 0.717) is 19.4 Å². The summed E-state index contributed by atoms with van der Waals surface area (Å²) in [5.74, 6) is -0.647. The lowest BCUT2D eigenvalue weighted by molar-refractivity contribution is -0.166. The zero-order valence-electron chi connectivity index (χ0n) is 20.4. The number of nitrogens with zero attached hydrogens (tertiary/aromatic N) is 1. The van der Waals surface area contributed by atoms with Gasteiger partial charge in [-0.1, -0.05) is 0 Å². The molecule has 1 rings (SSSR count). The molecule has 0 aromatic carbocycles. The van der Waals surface area contributed by atoms with Crippen LogP contribution in [0.1, 0.15) is 61.3 Å². The number of hydrogen-bond acceptors (Lipinski definition) is 9. The molecule has 2 amide bonds. The van der Waals surface area contributed by atoms with Gasteiger partial charge < -0.3 is 29.0 Å². The number of carbonyl (C=O) groups is 4. The van der Waals surface area contributed by atoms with E-state index < -0.39 is 40.9 Å². The van der Waals surface area contributed by atoms with Crippen LogP contribution in [0.2, 0.25) is 0 Å². The maximum absolute atomic E-state index is 12.2. The van der Waals surface area contributed by atoms with E-state index in [-0.39, 0.29) is 25.8 Å². The normalized spacial score (nSPS) is 16.1. The molecule has 0 atom stereocenters. The minimum absolute atomic E-state index is 0.104. The second-order valence-corrected chi connectivity index (χ2v) is 9.73. The Hall–Kier alpha value is -3.05. The van der Waals surface area contributed by atoms with Gasteiger partial charge in [-0.05, 0) is 61.3 Å². The summed E-state index contributed by atoms with van der Waals surface area (Å²) in [6.45, 7) is 12.0. The van der Waals surface area contributed by atoms with Crippen molar-refractivity contribution in [1.29, 1.82) is 0 Å². The Morgan fingerprint density at radius 3 is 2.12 bits per heavy atom. The number of esters is 1. The molecule has 0 saturated carbocycles. The first kappa shape index (κ1) is 28.0. The molecule has 0 aliphatic carbocycles. The monoisotopic (exact) mass is 473 g/mol. The third-order valence-corrected chi connectivity index (χ3v) is 3.82. The minimum Gasteiger partial charge on any atom is -0.465 e. The quantitative estimate of drug-likeness (QED) is 0.194. The lowest BCUT2D eigenvalue weighted by atomic mass is 9.93. The van der Waals surface area contributed by atoms with Crippen molar-refractivity contribution in [3.8, 4) is 0 Å². The van der Waals surface area contributed by atoms with E-state index in [1.807, 2.05) is 0 Å². The summed E-state index contributed by atoms with van der Waals surface area (Å²) in [5.41, 5.74) is -2.53. The van der Waals surface area contributed by atoms with Crippen molar-refractivity contribution in [2.75, 3.05) is 26.4 Å². The molecule has 0 bridgehead atoms. The molecule has 1 aliphatic rings. The fourth-order valence-electron chi connectivity index (χ4n) is 2.30. The van der Waals surface area contributed by atoms with Gasteiger partial charge >= 0.3 is 24.3 Å². The first-order valence-corrected chi connectivity index (χ1v) is 10.6. The van der Waals surface area contributed by atoms with Gasteiger partial charge in [0, 0.05) is 6.54 Å². The smallest absolute Gasteiger partial charge is 0.465 e. The predicted octanol–water partition coefficient (Wildman–Crippen LogP) is 2.89. The Morgan fingerprint density at radius 1 is 1.00 bits per heavy atom. The number of guanidine groups is 1. The molecule has 0 spiro atoms. The lowest BCUT2D eigenvalue weighted by Gasteiger charge is -2.29. The number of nitrogens with one attached hydrogen (secondary N) is 2. The van der Waals surface area contributed by atoms with Gasteiger partial charge in [-0.2, -0.15) is 0 Å². The molecule has 0 aromatic heterocycles. The molecule has 188 valence electrons. The summed E-state index contributed by atoms with van der Waals surface area (Å²) >= 11 is 0. The van der Waals surface area contributed by atoms with E-state index >= 15 is 0 Å². The third-order valence-electron chi connectivity index (χ3n) is 3.82. The number of amides is 2. The van der Waals surface area contributed by atoms with Gasteiger partial charge in [0.25, 0.3) is 0 Å². The molecule has 12 nitrogen and oxygen atoms in total. The Bertz CT molecular complexity index is 741. The number of carbonyl (C=O) groups excluding carboxylic acids is 4. The first-order chi connectivity index (χ1) is 15.1. The first-order valence-electron chi connectivity index (χ1n) is 10.6. The number of cyclic esters (lactones) is 2. The second kappa shape index (κ2) is 11.7. The molecule has 33 heavy (non-hydrogen) atoms. The molecule has 2 N–H and O–H groups in total. The van der Waals surface area contributed by atoms with Crippen LogP contribution in [-0.4, -0.2) is 67.8 Å². The predicted molar refractivity (Wildman–Crippen MR) is 117 cm³/mol. The lowest BCUT2D eigenvalue weighted by Crippen LogP contribution is -2.44. The van der Waals surface area contributed by atoms with E-state index in [2.05, 4.69) is 15.6 Å². The summed E-state index contributed by atoms with van der Waals surface area (Å²) in [7, 11) is 0. The van der Waals surface area contributed by atoms with Crippen LogP contribution in [0, 0.1) is 5.41 Å². The summed E-state index contributed by atoms with van der Waals surface area (Å²) in [5, 5.41) is 5.22. The number of rotatable bonds is 6. The van der Waals surface area contributed by atoms with Crippen molar-refractivity contribution < 1.29 is 42.9 Å². The maximum Gasteiger partial charge on any atom is 0.508 e. The van der Waals surface area contributed by atoms with Crippen molar-refractivity contribution in [2.45, 2.75) is 72.5 Å². The molecule has 1 heterocycles. The molecule has 1 saturated heterocycles. The SMILES string of the molecule is CC(C)(C)OC(=O)/N=C(/NCCCCOC(=O)C1(C)COC(=O)OC1)NC(=O)OC(C)(C)C. The van der Waals surface area contributed by atoms with Gasteiger partial charge in [0.15, 0.2) is 0 Å². The highest BCUT2D eigenvalue weighted by Gasteiger charge is 2.41. The van der Waals surface area contributed by atoms with E-state index in [0.717, 1.165) is 0 Å². The van der Waals surface area contributed by atoms with Crippen LogP contribution in [0.5, 0.6) is 0 Å². The van der Waals surface area contributed by atoms with Crippen molar-refractivity contribution in [3.63, 3.8) is 0 Å². The summed E-state index contributed by atoms with van der Waals surface area (Å²) in [6, 6.07) is 0. The van der Waals surface area contributed by atoms with Gasteiger partial charge in [0.1, 0.15) is 29.8 Å². The highest BCUT2D eigenvalue weighted by Crippen LogP contribution is 2.24. The molecule has 1 fully saturated rings. The van der Waals surface area contributed by atoms with Crippen LogP contribution in [0.25, 0.3) is 0 Å². The highest BCUT2D eigenvalue weighted by molar-refractivity contribution is 5.98. The molecule has 0 aromatic rings. The number of unbranched alkanes of at least 4 members (excludes halogenated alkanes) is 1. The van der Waals surface area contributed by atoms with Crippen molar-refractivity contribution in [3.05, 3.63) is 0 Å². The number of hydrogen-bond donors (Lipinski definition) is 2. The molecule has 12 heteroatoms. The Labute approximate surface area is 193 Å². The summed E-state index contributed by atoms with van der Waals surface area (Å²) in [4.78, 5) is 50.9. The van der Waals surface area contributed by atoms with Gasteiger partial charge in [-0.25, -0.2) is 14.4 Å². The zero-order valence-corrected chi connectivity index (χ0v) is 20.4. The van der Waals surface area contributed by atoms with Gasteiger partial charge in [0.05, 0.1) is 6.61 Å². The van der Waals surface area contributed by atoms with Crippen LogP contribution in [0.15, 0.2) is 4.99 Å². The molecule has 1 aliphatic heterocycles. The third kappa shape index (κ3) is 11.9. The molecular weight excluding hydrogens is 438 g/mol. The van der Waals surface area contributed by atoms with E-state index in [1.54, 1.807) is 48.5 Å². The summed E-state index contributed by atoms with van der Waals surface area (Å²) < 4.78 is 25.0. The fraction of sp³-hybridized carbons (Fsp3) is 0.762. The maximum atomic E-state index is 12.2. The van der Waals surface area contributed by atoms with Crippen LogP contribution < -0.4 is 10.6 Å². The van der Waals surface area contributed by atoms with E-state index in [4.69, 9.17) is 23.7 Å². The Balaban J connectivity index is 2.50.